The van der Waals surface area contributed by atoms with Crippen LogP contribution in [0.25, 0.3) is 0 Å². The Labute approximate surface area is 163 Å². The predicted molar refractivity (Wildman–Crippen MR) is 93.9 cm³/mol. The zero-order valence-corrected chi connectivity index (χ0v) is 15.4. The first kappa shape index (κ1) is 20.6. The minimum atomic E-state index is -4.39. The van der Waals surface area contributed by atoms with Crippen LogP contribution >= 0.6 is 0 Å². The summed E-state index contributed by atoms with van der Waals surface area (Å²) in [4.78, 5) is 37.2. The van der Waals surface area contributed by atoms with Gasteiger partial charge in [0.05, 0.1) is 11.4 Å². The molecule has 29 heavy (non-hydrogen) atoms. The van der Waals surface area contributed by atoms with E-state index >= 15 is 0 Å². The van der Waals surface area contributed by atoms with E-state index in [4.69, 9.17) is 4.55 Å². The van der Waals surface area contributed by atoms with Crippen LogP contribution in [0.5, 0.6) is 0 Å². The van der Waals surface area contributed by atoms with Crippen LogP contribution in [-0.4, -0.2) is 35.7 Å². The van der Waals surface area contributed by atoms with Gasteiger partial charge in [0.15, 0.2) is 11.6 Å². The lowest BCUT2D eigenvalue weighted by Crippen LogP contribution is -2.57. The van der Waals surface area contributed by atoms with Gasteiger partial charge in [-0.05, 0) is 41.8 Å². The Morgan fingerprint density at radius 2 is 1.59 bits per heavy atom. The van der Waals surface area contributed by atoms with Gasteiger partial charge in [-0.1, -0.05) is 18.2 Å². The van der Waals surface area contributed by atoms with Gasteiger partial charge in [-0.3, -0.25) is 24.4 Å². The zero-order chi connectivity index (χ0) is 21.3. The van der Waals surface area contributed by atoms with E-state index in [9.17, 15) is 31.6 Å². The first-order valence-corrected chi connectivity index (χ1v) is 9.67. The van der Waals surface area contributed by atoms with Crippen LogP contribution < -0.4 is 5.32 Å². The van der Waals surface area contributed by atoms with Gasteiger partial charge in [-0.2, -0.15) is 8.42 Å². The summed E-state index contributed by atoms with van der Waals surface area (Å²) < 4.78 is 57.6. The lowest BCUT2D eigenvalue weighted by Gasteiger charge is -2.30. The fourth-order valence-corrected chi connectivity index (χ4v) is 3.32. The molecular formula is C18H14F2N2O6S. The fourth-order valence-electron chi connectivity index (χ4n) is 2.84. The summed E-state index contributed by atoms with van der Waals surface area (Å²) in [7, 11) is -4.39. The molecule has 2 aromatic rings. The Morgan fingerprint density at radius 1 is 0.966 bits per heavy atom. The molecule has 0 bridgehead atoms. The van der Waals surface area contributed by atoms with Crippen LogP contribution in [0.2, 0.25) is 0 Å². The van der Waals surface area contributed by atoms with Gasteiger partial charge in [0.1, 0.15) is 5.92 Å². The third-order valence-corrected chi connectivity index (χ3v) is 5.21. The number of nitrogens with zero attached hydrogens (tertiary/aromatic N) is 1. The summed E-state index contributed by atoms with van der Waals surface area (Å²) in [5.74, 6) is -5.17. The quantitative estimate of drug-likeness (QED) is 0.556. The third-order valence-electron chi connectivity index (χ3n) is 4.34. The summed E-state index contributed by atoms with van der Waals surface area (Å²) >= 11 is 0. The molecule has 4 amide bonds. The number of rotatable bonds is 5. The average molecular weight is 424 g/mol. The maximum Gasteiger partial charge on any atom is 0.331 e. The third kappa shape index (κ3) is 4.46. The molecule has 2 aromatic carbocycles. The first-order chi connectivity index (χ1) is 13.6. The highest BCUT2D eigenvalue weighted by Crippen LogP contribution is 2.20. The topological polar surface area (TPSA) is 121 Å². The second-order valence-corrected chi connectivity index (χ2v) is 7.76. The molecule has 1 heterocycles. The van der Waals surface area contributed by atoms with Crippen molar-refractivity contribution in [3.05, 3.63) is 65.2 Å². The van der Waals surface area contributed by atoms with Crippen molar-refractivity contribution in [3.8, 4) is 0 Å². The monoisotopic (exact) mass is 424 g/mol. The summed E-state index contributed by atoms with van der Waals surface area (Å²) in [6, 6.07) is 6.78. The first-order valence-electron chi connectivity index (χ1n) is 8.23. The minimum Gasteiger partial charge on any atom is -0.282 e. The highest BCUT2D eigenvalue weighted by atomic mass is 32.2. The van der Waals surface area contributed by atoms with E-state index in [-0.39, 0.29) is 23.4 Å². The van der Waals surface area contributed by atoms with Crippen molar-refractivity contribution in [3.63, 3.8) is 0 Å². The van der Waals surface area contributed by atoms with Gasteiger partial charge in [0, 0.05) is 0 Å². The second kappa shape index (κ2) is 7.68. The Morgan fingerprint density at radius 3 is 2.17 bits per heavy atom. The van der Waals surface area contributed by atoms with Crippen molar-refractivity contribution < 1.29 is 36.1 Å². The van der Waals surface area contributed by atoms with E-state index in [1.807, 2.05) is 5.32 Å². The molecular weight excluding hydrogens is 410 g/mol. The number of hydrogen-bond donors (Lipinski definition) is 2. The largest absolute Gasteiger partial charge is 0.331 e. The zero-order valence-electron chi connectivity index (χ0n) is 14.6. The fraction of sp³-hybridized carbons (Fsp3) is 0.167. The lowest BCUT2D eigenvalue weighted by atomic mass is 9.95. The van der Waals surface area contributed by atoms with Crippen LogP contribution in [0.3, 0.4) is 0 Å². The molecule has 1 saturated heterocycles. The molecule has 1 atom stereocenters. The van der Waals surface area contributed by atoms with E-state index in [2.05, 4.69) is 0 Å². The Balaban J connectivity index is 1.80. The van der Waals surface area contributed by atoms with Crippen molar-refractivity contribution in [2.75, 3.05) is 0 Å². The van der Waals surface area contributed by atoms with Crippen molar-refractivity contribution in [1.82, 2.24) is 10.2 Å². The average Bonchev–Trinajstić information content (AvgIpc) is 2.64. The van der Waals surface area contributed by atoms with Crippen molar-refractivity contribution >= 4 is 28.0 Å². The number of hydrogen-bond acceptors (Lipinski definition) is 5. The molecule has 152 valence electrons. The summed E-state index contributed by atoms with van der Waals surface area (Å²) in [5.41, 5.74) is 0.561. The highest BCUT2D eigenvalue weighted by molar-refractivity contribution is 7.85. The maximum atomic E-state index is 13.4. The second-order valence-electron chi connectivity index (χ2n) is 6.34. The van der Waals surface area contributed by atoms with Gasteiger partial charge in [0.25, 0.3) is 10.1 Å². The minimum absolute atomic E-state index is 0.141. The van der Waals surface area contributed by atoms with Crippen LogP contribution in [0.4, 0.5) is 13.6 Å². The molecule has 8 nitrogen and oxygen atoms in total. The maximum absolute atomic E-state index is 13.4. The standard InChI is InChI=1S/C18H14F2N2O6S/c19-14-6-3-11(8-15(14)20)9-22-17(24)13(16(23)21-18(22)25)7-10-1-4-12(5-2-10)29(26,27)28/h1-6,8,13H,7,9H2,(H,21,23,25)(H,26,27,28). The molecule has 1 aliphatic heterocycles. The van der Waals surface area contributed by atoms with Crippen LogP contribution in [0, 0.1) is 17.6 Å². The molecule has 0 saturated carbocycles. The number of amides is 4. The number of carbonyl (C=O) groups is 3. The number of urea groups is 1. The molecule has 0 aromatic heterocycles. The predicted octanol–water partition coefficient (Wildman–Crippen LogP) is 1.65. The molecule has 11 heteroatoms. The number of carbonyl (C=O) groups excluding carboxylic acids is 3. The molecule has 3 rings (SSSR count). The number of imide groups is 2. The van der Waals surface area contributed by atoms with E-state index in [1.54, 1.807) is 0 Å². The Kier molecular flexibility index (Phi) is 5.44. The van der Waals surface area contributed by atoms with Gasteiger partial charge < -0.3 is 0 Å². The molecule has 1 aliphatic rings. The molecule has 0 aliphatic carbocycles. The smallest absolute Gasteiger partial charge is 0.282 e. The molecule has 2 N–H and O–H groups in total. The van der Waals surface area contributed by atoms with Gasteiger partial charge in [-0.15, -0.1) is 0 Å². The summed E-state index contributed by atoms with van der Waals surface area (Å²) in [6.45, 7) is -0.368. The van der Waals surface area contributed by atoms with E-state index in [0.29, 0.717) is 10.5 Å². The molecule has 0 spiro atoms. The van der Waals surface area contributed by atoms with Gasteiger partial charge in [0.2, 0.25) is 11.8 Å². The van der Waals surface area contributed by atoms with Gasteiger partial charge in [-0.25, -0.2) is 13.6 Å². The normalized spacial score (nSPS) is 17.4. The van der Waals surface area contributed by atoms with E-state index < -0.39 is 45.5 Å². The van der Waals surface area contributed by atoms with E-state index in [1.165, 1.54) is 18.2 Å². The molecule has 1 fully saturated rings. The lowest BCUT2D eigenvalue weighted by molar-refractivity contribution is -0.142. The SMILES string of the molecule is O=C1NC(=O)N(Cc2ccc(F)c(F)c2)C(=O)C1Cc1ccc(S(=O)(=O)O)cc1. The molecule has 1 unspecified atom stereocenters. The van der Waals surface area contributed by atoms with Crippen LogP contribution in [-0.2, 0) is 32.7 Å². The van der Waals surface area contributed by atoms with Crippen molar-refractivity contribution in [1.29, 1.82) is 0 Å². The highest BCUT2D eigenvalue weighted by Gasteiger charge is 2.40. The Bertz CT molecular complexity index is 1100. The number of halogens is 2. The summed E-state index contributed by atoms with van der Waals surface area (Å²) in [5, 5.41) is 2.04. The number of nitrogens with one attached hydrogen (secondary N) is 1. The number of benzene rings is 2. The van der Waals surface area contributed by atoms with Crippen LogP contribution in [0.15, 0.2) is 47.4 Å². The van der Waals surface area contributed by atoms with Gasteiger partial charge >= 0.3 is 6.03 Å². The molecule has 0 radical (unpaired) electrons. The Hall–Kier alpha value is -3.18. The van der Waals surface area contributed by atoms with E-state index in [0.717, 1.165) is 24.3 Å². The number of barbiturate groups is 1. The summed E-state index contributed by atoms with van der Waals surface area (Å²) in [6.07, 6.45) is -0.141. The van der Waals surface area contributed by atoms with Crippen molar-refractivity contribution in [2.24, 2.45) is 5.92 Å². The van der Waals surface area contributed by atoms with Crippen LogP contribution in [0.1, 0.15) is 11.1 Å². The van der Waals surface area contributed by atoms with Crippen molar-refractivity contribution in [2.45, 2.75) is 17.9 Å².